The Morgan fingerprint density at radius 3 is 2.53 bits per heavy atom. The van der Waals surface area contributed by atoms with Gasteiger partial charge in [0.15, 0.2) is 0 Å². The zero-order chi connectivity index (χ0) is 13.8. The van der Waals surface area contributed by atoms with E-state index in [4.69, 9.17) is 0 Å². The molecule has 100 valence electrons. The fourth-order valence-electron chi connectivity index (χ4n) is 2.00. The number of phenols is 1. The third-order valence-corrected chi connectivity index (χ3v) is 3.18. The second-order valence-electron chi connectivity index (χ2n) is 4.79. The molecule has 0 aromatic heterocycles. The van der Waals surface area contributed by atoms with Gasteiger partial charge in [-0.1, -0.05) is 29.8 Å². The normalized spacial score (nSPS) is 12.4. The van der Waals surface area contributed by atoms with E-state index in [-0.39, 0.29) is 11.9 Å². The zero-order valence-corrected chi connectivity index (χ0v) is 11.2. The monoisotopic (exact) mass is 259 g/mol. The third-order valence-electron chi connectivity index (χ3n) is 3.18. The molecule has 0 radical (unpaired) electrons. The van der Waals surface area contributed by atoms with E-state index >= 15 is 0 Å². The first-order valence-electron chi connectivity index (χ1n) is 6.33. The summed E-state index contributed by atoms with van der Waals surface area (Å²) in [6, 6.07) is 12.0. The SMILES string of the molecule is Cc1ccc(O)c(C(C)NCc2ccc(F)cc2)c1. The van der Waals surface area contributed by atoms with E-state index in [9.17, 15) is 9.50 Å². The average molecular weight is 259 g/mol. The van der Waals surface area contributed by atoms with Crippen molar-refractivity contribution in [3.05, 3.63) is 65.0 Å². The van der Waals surface area contributed by atoms with Crippen molar-refractivity contribution in [2.24, 2.45) is 0 Å². The second-order valence-corrected chi connectivity index (χ2v) is 4.79. The standard InChI is InChI=1S/C16H18FNO/c1-11-3-8-16(19)15(9-11)12(2)18-10-13-4-6-14(17)7-5-13/h3-9,12,18-19H,10H2,1-2H3. The molecule has 0 spiro atoms. The Morgan fingerprint density at radius 1 is 1.16 bits per heavy atom. The summed E-state index contributed by atoms with van der Waals surface area (Å²) >= 11 is 0. The lowest BCUT2D eigenvalue weighted by atomic mass is 10.0. The molecule has 2 nitrogen and oxygen atoms in total. The molecule has 0 aliphatic carbocycles. The molecule has 2 aromatic carbocycles. The Balaban J connectivity index is 2.03. The smallest absolute Gasteiger partial charge is 0.123 e. The summed E-state index contributed by atoms with van der Waals surface area (Å²) in [4.78, 5) is 0. The number of hydrogen-bond acceptors (Lipinski definition) is 2. The Bertz CT molecular complexity index is 551. The van der Waals surface area contributed by atoms with Gasteiger partial charge >= 0.3 is 0 Å². The molecular weight excluding hydrogens is 241 g/mol. The number of benzene rings is 2. The predicted octanol–water partition coefficient (Wildman–Crippen LogP) is 3.69. The Labute approximate surface area is 112 Å². The van der Waals surface area contributed by atoms with Crippen molar-refractivity contribution in [2.75, 3.05) is 0 Å². The molecule has 2 rings (SSSR count). The number of aromatic hydroxyl groups is 1. The van der Waals surface area contributed by atoms with Gasteiger partial charge in [0, 0.05) is 18.2 Å². The first-order chi connectivity index (χ1) is 9.06. The highest BCUT2D eigenvalue weighted by Gasteiger charge is 2.10. The van der Waals surface area contributed by atoms with Gasteiger partial charge in [-0.2, -0.15) is 0 Å². The van der Waals surface area contributed by atoms with E-state index in [1.165, 1.54) is 12.1 Å². The van der Waals surface area contributed by atoms with Gasteiger partial charge in [-0.05, 0) is 37.6 Å². The molecule has 0 aliphatic rings. The lowest BCUT2D eigenvalue weighted by Gasteiger charge is -2.16. The van der Waals surface area contributed by atoms with E-state index in [0.29, 0.717) is 12.3 Å². The minimum absolute atomic E-state index is 0.0324. The largest absolute Gasteiger partial charge is 0.508 e. The molecule has 0 aliphatic heterocycles. The van der Waals surface area contributed by atoms with E-state index in [1.54, 1.807) is 18.2 Å². The van der Waals surface area contributed by atoms with Crippen LogP contribution >= 0.6 is 0 Å². The van der Waals surface area contributed by atoms with E-state index < -0.39 is 0 Å². The van der Waals surface area contributed by atoms with Gasteiger partial charge in [-0.3, -0.25) is 0 Å². The summed E-state index contributed by atoms with van der Waals surface area (Å²) in [6.45, 7) is 4.63. The summed E-state index contributed by atoms with van der Waals surface area (Å²) in [7, 11) is 0. The van der Waals surface area contributed by atoms with Gasteiger partial charge in [0.1, 0.15) is 11.6 Å². The number of hydrogen-bond donors (Lipinski definition) is 2. The van der Waals surface area contributed by atoms with Crippen molar-refractivity contribution in [2.45, 2.75) is 26.4 Å². The minimum atomic E-state index is -0.229. The maximum atomic E-state index is 12.8. The van der Waals surface area contributed by atoms with Crippen LogP contribution in [0.1, 0.15) is 29.7 Å². The molecule has 1 unspecified atom stereocenters. The highest BCUT2D eigenvalue weighted by Crippen LogP contribution is 2.25. The number of nitrogens with one attached hydrogen (secondary N) is 1. The van der Waals surface area contributed by atoms with Crippen LogP contribution in [0.25, 0.3) is 0 Å². The van der Waals surface area contributed by atoms with Crippen LogP contribution in [0.4, 0.5) is 4.39 Å². The van der Waals surface area contributed by atoms with Crippen molar-refractivity contribution < 1.29 is 9.50 Å². The molecule has 3 heteroatoms. The number of halogens is 1. The van der Waals surface area contributed by atoms with Crippen LogP contribution in [-0.4, -0.2) is 5.11 Å². The van der Waals surface area contributed by atoms with Crippen molar-refractivity contribution in [3.63, 3.8) is 0 Å². The molecule has 0 amide bonds. The van der Waals surface area contributed by atoms with Gasteiger partial charge in [-0.15, -0.1) is 0 Å². The lowest BCUT2D eigenvalue weighted by molar-refractivity contribution is 0.452. The van der Waals surface area contributed by atoms with E-state index in [1.807, 2.05) is 26.0 Å². The Morgan fingerprint density at radius 2 is 1.84 bits per heavy atom. The highest BCUT2D eigenvalue weighted by molar-refractivity contribution is 5.37. The molecule has 19 heavy (non-hydrogen) atoms. The van der Waals surface area contributed by atoms with Crippen LogP contribution in [-0.2, 0) is 6.54 Å². The molecule has 0 fully saturated rings. The number of rotatable bonds is 4. The van der Waals surface area contributed by atoms with Crippen molar-refractivity contribution in [1.29, 1.82) is 0 Å². The highest BCUT2D eigenvalue weighted by atomic mass is 19.1. The van der Waals surface area contributed by atoms with Crippen LogP contribution in [0.15, 0.2) is 42.5 Å². The van der Waals surface area contributed by atoms with Crippen LogP contribution in [0, 0.1) is 12.7 Å². The minimum Gasteiger partial charge on any atom is -0.508 e. The van der Waals surface area contributed by atoms with Crippen molar-refractivity contribution >= 4 is 0 Å². The third kappa shape index (κ3) is 3.55. The van der Waals surface area contributed by atoms with Crippen LogP contribution in [0.3, 0.4) is 0 Å². The maximum absolute atomic E-state index is 12.8. The van der Waals surface area contributed by atoms with Gasteiger partial charge in [0.2, 0.25) is 0 Å². The molecule has 0 bridgehead atoms. The average Bonchev–Trinajstić information content (AvgIpc) is 2.40. The van der Waals surface area contributed by atoms with Crippen molar-refractivity contribution in [1.82, 2.24) is 5.32 Å². The summed E-state index contributed by atoms with van der Waals surface area (Å²) in [5.74, 6) is 0.0674. The summed E-state index contributed by atoms with van der Waals surface area (Å²) in [6.07, 6.45) is 0. The van der Waals surface area contributed by atoms with Gasteiger partial charge in [-0.25, -0.2) is 4.39 Å². The molecular formula is C16H18FNO. The molecule has 0 heterocycles. The topological polar surface area (TPSA) is 32.3 Å². The van der Waals surface area contributed by atoms with Gasteiger partial charge in [0.05, 0.1) is 0 Å². The molecule has 0 saturated carbocycles. The van der Waals surface area contributed by atoms with Gasteiger partial charge < -0.3 is 10.4 Å². The quantitative estimate of drug-likeness (QED) is 0.877. The first kappa shape index (κ1) is 13.6. The fourth-order valence-corrected chi connectivity index (χ4v) is 2.00. The van der Waals surface area contributed by atoms with E-state index in [2.05, 4.69) is 5.32 Å². The molecule has 2 N–H and O–H groups in total. The second kappa shape index (κ2) is 5.85. The van der Waals surface area contributed by atoms with Gasteiger partial charge in [0.25, 0.3) is 0 Å². The Hall–Kier alpha value is -1.87. The van der Waals surface area contributed by atoms with Crippen molar-refractivity contribution in [3.8, 4) is 5.75 Å². The Kier molecular flexibility index (Phi) is 4.17. The summed E-state index contributed by atoms with van der Waals surface area (Å²) < 4.78 is 12.8. The maximum Gasteiger partial charge on any atom is 0.123 e. The molecule has 2 aromatic rings. The van der Waals surface area contributed by atoms with Crippen LogP contribution < -0.4 is 5.32 Å². The summed E-state index contributed by atoms with van der Waals surface area (Å²) in [5, 5.41) is 13.2. The zero-order valence-electron chi connectivity index (χ0n) is 11.2. The van der Waals surface area contributed by atoms with Crippen LogP contribution in [0.2, 0.25) is 0 Å². The summed E-state index contributed by atoms with van der Waals surface area (Å²) in [5.41, 5.74) is 3.01. The van der Waals surface area contributed by atoms with E-state index in [0.717, 1.165) is 16.7 Å². The lowest BCUT2D eigenvalue weighted by Crippen LogP contribution is -2.18. The molecule has 1 atom stereocenters. The fraction of sp³-hybridized carbons (Fsp3) is 0.250. The predicted molar refractivity (Wildman–Crippen MR) is 74.5 cm³/mol. The molecule has 0 saturated heterocycles. The van der Waals surface area contributed by atoms with Crippen LogP contribution in [0.5, 0.6) is 5.75 Å². The number of aryl methyl sites for hydroxylation is 1. The number of phenolic OH excluding ortho intramolecular Hbond substituents is 1. The first-order valence-corrected chi connectivity index (χ1v) is 6.33.